The standard InChI is InChI=1S/C17H18N2O5/c18-13-3-1-12(2-4-13)17(21)23-10-9-22-11-16(20)24-15-7-5-14(19)6-8-15/h1-8H,9-11,18-19H2. The van der Waals surface area contributed by atoms with Crippen LogP contribution in [0.15, 0.2) is 48.5 Å². The molecule has 0 unspecified atom stereocenters. The van der Waals surface area contributed by atoms with E-state index in [9.17, 15) is 9.59 Å². The fraction of sp³-hybridized carbons (Fsp3) is 0.176. The molecule has 2 rings (SSSR count). The highest BCUT2D eigenvalue weighted by molar-refractivity contribution is 5.89. The summed E-state index contributed by atoms with van der Waals surface area (Å²) in [7, 11) is 0. The number of hydrogen-bond acceptors (Lipinski definition) is 7. The molecule has 2 aromatic carbocycles. The number of benzene rings is 2. The third-order valence-corrected chi connectivity index (χ3v) is 2.94. The van der Waals surface area contributed by atoms with Gasteiger partial charge in [0.2, 0.25) is 0 Å². The molecular weight excluding hydrogens is 312 g/mol. The van der Waals surface area contributed by atoms with Gasteiger partial charge in [0.25, 0.3) is 0 Å². The highest BCUT2D eigenvalue weighted by Gasteiger charge is 2.08. The predicted molar refractivity (Wildman–Crippen MR) is 88.4 cm³/mol. The molecule has 4 N–H and O–H groups in total. The summed E-state index contributed by atoms with van der Waals surface area (Å²) in [5.41, 5.74) is 12.6. The van der Waals surface area contributed by atoms with Crippen LogP contribution in [0.3, 0.4) is 0 Å². The lowest BCUT2D eigenvalue weighted by atomic mass is 10.2. The summed E-state index contributed by atoms with van der Waals surface area (Å²) in [6.45, 7) is -0.139. The van der Waals surface area contributed by atoms with E-state index >= 15 is 0 Å². The van der Waals surface area contributed by atoms with E-state index in [0.717, 1.165) is 0 Å². The van der Waals surface area contributed by atoms with E-state index in [0.29, 0.717) is 22.7 Å². The molecule has 0 spiro atoms. The SMILES string of the molecule is Nc1ccc(OC(=O)COCCOC(=O)c2ccc(N)cc2)cc1. The third kappa shape index (κ3) is 5.62. The van der Waals surface area contributed by atoms with Gasteiger partial charge in [-0.2, -0.15) is 0 Å². The zero-order valence-corrected chi connectivity index (χ0v) is 12.9. The Labute approximate surface area is 139 Å². The number of carbonyl (C=O) groups excluding carboxylic acids is 2. The van der Waals surface area contributed by atoms with E-state index in [2.05, 4.69) is 0 Å². The van der Waals surface area contributed by atoms with E-state index in [1.807, 2.05) is 0 Å². The molecule has 0 radical (unpaired) electrons. The highest BCUT2D eigenvalue weighted by Crippen LogP contribution is 2.13. The first-order valence-electron chi connectivity index (χ1n) is 7.21. The molecule has 0 saturated carbocycles. The second-order valence-corrected chi connectivity index (χ2v) is 4.85. The molecule has 0 bridgehead atoms. The number of anilines is 2. The first kappa shape index (κ1) is 17.3. The maximum Gasteiger partial charge on any atom is 0.338 e. The molecule has 0 atom stereocenters. The maximum atomic E-state index is 11.7. The van der Waals surface area contributed by atoms with Crippen molar-refractivity contribution in [2.75, 3.05) is 31.3 Å². The largest absolute Gasteiger partial charge is 0.460 e. The van der Waals surface area contributed by atoms with Gasteiger partial charge < -0.3 is 25.7 Å². The van der Waals surface area contributed by atoms with Crippen LogP contribution < -0.4 is 16.2 Å². The molecule has 7 nitrogen and oxygen atoms in total. The zero-order chi connectivity index (χ0) is 17.4. The predicted octanol–water partition coefficient (Wildman–Crippen LogP) is 1.63. The number of rotatable bonds is 7. The maximum absolute atomic E-state index is 11.7. The monoisotopic (exact) mass is 330 g/mol. The van der Waals surface area contributed by atoms with Gasteiger partial charge in [0.15, 0.2) is 0 Å². The second kappa shape index (κ2) is 8.54. The van der Waals surface area contributed by atoms with E-state index in [-0.39, 0.29) is 19.8 Å². The van der Waals surface area contributed by atoms with Crippen molar-refractivity contribution in [1.29, 1.82) is 0 Å². The van der Waals surface area contributed by atoms with Crippen LogP contribution in [0.4, 0.5) is 11.4 Å². The Morgan fingerprint density at radius 2 is 1.42 bits per heavy atom. The van der Waals surface area contributed by atoms with Gasteiger partial charge in [-0.3, -0.25) is 0 Å². The summed E-state index contributed by atoms with van der Waals surface area (Å²) in [6, 6.07) is 12.8. The number of nitrogen functional groups attached to an aromatic ring is 2. The number of esters is 2. The molecule has 0 amide bonds. The Morgan fingerprint density at radius 3 is 2.04 bits per heavy atom. The smallest absolute Gasteiger partial charge is 0.338 e. The van der Waals surface area contributed by atoms with Crippen molar-refractivity contribution in [3.63, 3.8) is 0 Å². The highest BCUT2D eigenvalue weighted by atomic mass is 16.6. The molecule has 126 valence electrons. The molecule has 0 aliphatic rings. The molecule has 7 heteroatoms. The van der Waals surface area contributed by atoms with Crippen LogP contribution in [0, 0.1) is 0 Å². The topological polar surface area (TPSA) is 114 Å². The summed E-state index contributed by atoms with van der Waals surface area (Å²) < 4.78 is 15.1. The molecule has 0 aromatic heterocycles. The summed E-state index contributed by atoms with van der Waals surface area (Å²) in [6.07, 6.45) is 0. The minimum absolute atomic E-state index is 0.0262. The molecule has 24 heavy (non-hydrogen) atoms. The van der Waals surface area contributed by atoms with Crippen LogP contribution in [-0.4, -0.2) is 31.8 Å². The van der Waals surface area contributed by atoms with Crippen LogP contribution >= 0.6 is 0 Å². The van der Waals surface area contributed by atoms with Gasteiger partial charge in [-0.05, 0) is 48.5 Å². The van der Waals surface area contributed by atoms with Crippen LogP contribution in [-0.2, 0) is 14.3 Å². The number of nitrogens with two attached hydrogens (primary N) is 2. The van der Waals surface area contributed by atoms with Crippen LogP contribution in [0.5, 0.6) is 5.75 Å². The molecule has 0 aliphatic heterocycles. The Hall–Kier alpha value is -3.06. The summed E-state index contributed by atoms with van der Waals surface area (Å²) >= 11 is 0. The lowest BCUT2D eigenvalue weighted by Gasteiger charge is -2.07. The van der Waals surface area contributed by atoms with Crippen molar-refractivity contribution < 1.29 is 23.8 Å². The van der Waals surface area contributed by atoms with Gasteiger partial charge in [-0.1, -0.05) is 0 Å². The quantitative estimate of drug-likeness (QED) is 0.343. The lowest BCUT2D eigenvalue weighted by Crippen LogP contribution is -2.18. The van der Waals surface area contributed by atoms with Gasteiger partial charge >= 0.3 is 11.9 Å². The van der Waals surface area contributed by atoms with Crippen molar-refractivity contribution in [1.82, 2.24) is 0 Å². The molecule has 0 heterocycles. The Kier molecular flexibility index (Phi) is 6.16. The Bertz CT molecular complexity index is 683. The van der Waals surface area contributed by atoms with Gasteiger partial charge in [0.05, 0.1) is 12.2 Å². The minimum atomic E-state index is -0.551. The number of carbonyl (C=O) groups is 2. The Morgan fingerprint density at radius 1 is 0.833 bits per heavy atom. The lowest BCUT2D eigenvalue weighted by molar-refractivity contribution is -0.139. The van der Waals surface area contributed by atoms with E-state index in [4.69, 9.17) is 25.7 Å². The van der Waals surface area contributed by atoms with Crippen LogP contribution in [0.25, 0.3) is 0 Å². The van der Waals surface area contributed by atoms with Crippen LogP contribution in [0.2, 0.25) is 0 Å². The summed E-state index contributed by atoms with van der Waals surface area (Å²) in [5, 5.41) is 0. The third-order valence-electron chi connectivity index (χ3n) is 2.94. The first-order valence-corrected chi connectivity index (χ1v) is 7.21. The molecule has 0 aliphatic carbocycles. The number of hydrogen-bond donors (Lipinski definition) is 2. The van der Waals surface area contributed by atoms with Crippen molar-refractivity contribution in [3.8, 4) is 5.75 Å². The minimum Gasteiger partial charge on any atom is -0.460 e. The van der Waals surface area contributed by atoms with Gasteiger partial charge in [0.1, 0.15) is 19.0 Å². The number of ether oxygens (including phenoxy) is 3. The van der Waals surface area contributed by atoms with Crippen molar-refractivity contribution >= 4 is 23.3 Å². The molecule has 0 fully saturated rings. The molecule has 0 saturated heterocycles. The first-order chi connectivity index (χ1) is 11.5. The van der Waals surface area contributed by atoms with Crippen molar-refractivity contribution in [3.05, 3.63) is 54.1 Å². The Balaban J connectivity index is 1.62. The normalized spacial score (nSPS) is 10.2. The van der Waals surface area contributed by atoms with Crippen LogP contribution in [0.1, 0.15) is 10.4 Å². The molecular formula is C17H18N2O5. The average molecular weight is 330 g/mol. The second-order valence-electron chi connectivity index (χ2n) is 4.85. The van der Waals surface area contributed by atoms with E-state index < -0.39 is 11.9 Å². The fourth-order valence-electron chi connectivity index (χ4n) is 1.75. The van der Waals surface area contributed by atoms with E-state index in [1.165, 1.54) is 0 Å². The summed E-state index contributed by atoms with van der Waals surface area (Å²) in [5.74, 6) is -0.653. The van der Waals surface area contributed by atoms with E-state index in [1.54, 1.807) is 48.5 Å². The van der Waals surface area contributed by atoms with Crippen molar-refractivity contribution in [2.45, 2.75) is 0 Å². The zero-order valence-electron chi connectivity index (χ0n) is 12.9. The van der Waals surface area contributed by atoms with Gasteiger partial charge in [-0.15, -0.1) is 0 Å². The average Bonchev–Trinajstić information content (AvgIpc) is 2.57. The summed E-state index contributed by atoms with van der Waals surface area (Å²) in [4.78, 5) is 23.3. The van der Waals surface area contributed by atoms with Gasteiger partial charge in [0, 0.05) is 11.4 Å². The fourth-order valence-corrected chi connectivity index (χ4v) is 1.75. The van der Waals surface area contributed by atoms with Crippen molar-refractivity contribution in [2.24, 2.45) is 0 Å². The molecule has 2 aromatic rings. The van der Waals surface area contributed by atoms with Gasteiger partial charge in [-0.25, -0.2) is 9.59 Å².